The van der Waals surface area contributed by atoms with E-state index in [1.165, 1.54) is 0 Å². The summed E-state index contributed by atoms with van der Waals surface area (Å²) in [5.74, 6) is -0.457. The molecule has 0 radical (unpaired) electrons. The summed E-state index contributed by atoms with van der Waals surface area (Å²) < 4.78 is 5.22. The van der Waals surface area contributed by atoms with E-state index in [1.54, 1.807) is 20.8 Å². The molecule has 0 saturated carbocycles. The summed E-state index contributed by atoms with van der Waals surface area (Å²) in [6, 6.07) is 0. The summed E-state index contributed by atoms with van der Waals surface area (Å²) in [6.07, 6.45) is 1.23. The van der Waals surface area contributed by atoms with Crippen LogP contribution in [0.25, 0.3) is 0 Å². The average Bonchev–Trinajstić information content (AvgIpc) is 2.22. The van der Waals surface area contributed by atoms with E-state index in [-0.39, 0.29) is 12.2 Å². The topological polar surface area (TPSA) is 65.0 Å². The lowest BCUT2D eigenvalue weighted by molar-refractivity contribution is -0.323. The molecule has 0 aliphatic heterocycles. The van der Waals surface area contributed by atoms with E-state index in [0.717, 1.165) is 0 Å². The number of carbonyl (C=O) groups is 1. The highest BCUT2D eigenvalue weighted by molar-refractivity contribution is 5.72. The fraction of sp³-hybridized carbons (Fsp3) is 0.769. The molecular formula is C13H24O5. The molecule has 0 spiro atoms. The summed E-state index contributed by atoms with van der Waals surface area (Å²) in [5.41, 5.74) is -1.05. The third-order valence-corrected chi connectivity index (χ3v) is 2.10. The Hall–Kier alpha value is -1.23. The van der Waals surface area contributed by atoms with E-state index in [4.69, 9.17) is 19.6 Å². The van der Waals surface area contributed by atoms with Crippen molar-refractivity contribution >= 4 is 5.97 Å². The minimum Gasteiger partial charge on any atom is -0.512 e. The van der Waals surface area contributed by atoms with Crippen LogP contribution in [-0.4, -0.2) is 22.3 Å². The van der Waals surface area contributed by atoms with Crippen molar-refractivity contribution in [3.05, 3.63) is 12.0 Å². The minimum atomic E-state index is -0.527. The molecule has 18 heavy (non-hydrogen) atoms. The normalized spacial score (nSPS) is 13.3. The highest BCUT2D eigenvalue weighted by Gasteiger charge is 2.22. The second kappa shape index (κ2) is 6.64. The van der Waals surface area contributed by atoms with Gasteiger partial charge in [-0.2, -0.15) is 4.89 Å². The van der Waals surface area contributed by atoms with Gasteiger partial charge in [-0.05, 0) is 41.0 Å². The molecule has 0 aliphatic rings. The third-order valence-electron chi connectivity index (χ3n) is 2.10. The summed E-state index contributed by atoms with van der Waals surface area (Å²) in [6.45, 7) is 10.9. The van der Waals surface area contributed by atoms with Gasteiger partial charge in [0.15, 0.2) is 5.76 Å². The lowest BCUT2D eigenvalue weighted by atomic mass is 10.1. The summed E-state index contributed by atoms with van der Waals surface area (Å²) >= 11 is 0. The molecule has 0 aliphatic carbocycles. The van der Waals surface area contributed by atoms with Gasteiger partial charge in [0, 0.05) is 0 Å². The Labute approximate surface area is 109 Å². The Balaban J connectivity index is 4.27. The number of ether oxygens (including phenoxy) is 1. The zero-order chi connectivity index (χ0) is 14.4. The molecule has 1 N–H and O–H groups in total. The Morgan fingerprint density at radius 3 is 2.17 bits per heavy atom. The summed E-state index contributed by atoms with van der Waals surface area (Å²) in [7, 11) is 0. The van der Waals surface area contributed by atoms with Crippen LogP contribution < -0.4 is 0 Å². The molecule has 0 atom stereocenters. The van der Waals surface area contributed by atoms with Crippen molar-refractivity contribution in [2.24, 2.45) is 0 Å². The predicted molar refractivity (Wildman–Crippen MR) is 67.7 cm³/mol. The molecular weight excluding hydrogens is 236 g/mol. The first-order valence-electron chi connectivity index (χ1n) is 6.00. The molecule has 106 valence electrons. The maximum absolute atomic E-state index is 11.6. The second-order valence-corrected chi connectivity index (χ2v) is 5.64. The smallest absolute Gasteiger partial charge is 0.314 e. The highest BCUT2D eigenvalue weighted by atomic mass is 17.2. The van der Waals surface area contributed by atoms with Gasteiger partial charge in [0.25, 0.3) is 0 Å². The van der Waals surface area contributed by atoms with Gasteiger partial charge in [0.1, 0.15) is 23.9 Å². The van der Waals surface area contributed by atoms with Crippen LogP contribution in [0, 0.1) is 0 Å². The first kappa shape index (κ1) is 16.8. The summed E-state index contributed by atoms with van der Waals surface area (Å²) in [5, 5.41) is 8.95. The minimum absolute atomic E-state index is 0.0156. The van der Waals surface area contributed by atoms with Crippen molar-refractivity contribution < 1.29 is 24.4 Å². The zero-order valence-electron chi connectivity index (χ0n) is 12.1. The number of aliphatic hydroxyl groups excluding tert-OH is 1. The van der Waals surface area contributed by atoms with Gasteiger partial charge >= 0.3 is 5.97 Å². The first-order chi connectivity index (χ1) is 8.09. The molecule has 0 rings (SSSR count). The standard InChI is InChI=1S/C13H24O5/c1-7-13(5,6)16-11(15)8-10(9-14)17-18-12(2,3)4/h9,14H,7-8H2,1-6H3/b10-9+. The highest BCUT2D eigenvalue weighted by Crippen LogP contribution is 2.18. The van der Waals surface area contributed by atoms with Crippen LogP contribution in [0.2, 0.25) is 0 Å². The zero-order valence-corrected chi connectivity index (χ0v) is 12.1. The van der Waals surface area contributed by atoms with Gasteiger partial charge < -0.3 is 14.7 Å². The van der Waals surface area contributed by atoms with E-state index < -0.39 is 17.2 Å². The fourth-order valence-corrected chi connectivity index (χ4v) is 0.834. The van der Waals surface area contributed by atoms with Crippen molar-refractivity contribution in [3.8, 4) is 0 Å². The third kappa shape index (κ3) is 7.95. The van der Waals surface area contributed by atoms with E-state index in [1.807, 2.05) is 20.8 Å². The molecule has 0 aromatic heterocycles. The number of aliphatic hydroxyl groups is 1. The fourth-order valence-electron chi connectivity index (χ4n) is 0.834. The number of hydrogen-bond donors (Lipinski definition) is 1. The first-order valence-corrected chi connectivity index (χ1v) is 6.00. The van der Waals surface area contributed by atoms with Gasteiger partial charge in [-0.15, -0.1) is 0 Å². The molecule has 0 heterocycles. The largest absolute Gasteiger partial charge is 0.512 e. The number of rotatable bonds is 6. The Kier molecular flexibility index (Phi) is 6.18. The maximum Gasteiger partial charge on any atom is 0.314 e. The SMILES string of the molecule is CCC(C)(C)OC(=O)C/C(=C\O)OOC(C)(C)C. The monoisotopic (exact) mass is 260 g/mol. The van der Waals surface area contributed by atoms with E-state index in [0.29, 0.717) is 12.7 Å². The van der Waals surface area contributed by atoms with Crippen LogP contribution in [-0.2, 0) is 19.3 Å². The van der Waals surface area contributed by atoms with Crippen molar-refractivity contribution in [2.45, 2.75) is 65.6 Å². The Bertz CT molecular complexity index is 299. The van der Waals surface area contributed by atoms with E-state index >= 15 is 0 Å². The van der Waals surface area contributed by atoms with Gasteiger partial charge in [0.2, 0.25) is 0 Å². The lowest BCUT2D eigenvalue weighted by Gasteiger charge is -2.24. The van der Waals surface area contributed by atoms with Gasteiger partial charge in [-0.3, -0.25) is 4.79 Å². The van der Waals surface area contributed by atoms with Crippen molar-refractivity contribution in [3.63, 3.8) is 0 Å². The number of esters is 1. The van der Waals surface area contributed by atoms with Gasteiger partial charge in [-0.1, -0.05) is 6.92 Å². The number of carbonyl (C=O) groups excluding carboxylic acids is 1. The van der Waals surface area contributed by atoms with Crippen LogP contribution in [0.5, 0.6) is 0 Å². The lowest BCUT2D eigenvalue weighted by Crippen LogP contribution is -2.27. The molecule has 0 saturated heterocycles. The maximum atomic E-state index is 11.6. The quantitative estimate of drug-likeness (QED) is 0.344. The summed E-state index contributed by atoms with van der Waals surface area (Å²) in [4.78, 5) is 21.5. The average molecular weight is 260 g/mol. The predicted octanol–water partition coefficient (Wildman–Crippen LogP) is 3.25. The van der Waals surface area contributed by atoms with E-state index in [2.05, 4.69) is 0 Å². The van der Waals surface area contributed by atoms with Crippen LogP contribution in [0.3, 0.4) is 0 Å². The Morgan fingerprint density at radius 2 is 1.78 bits per heavy atom. The molecule has 0 fully saturated rings. The molecule has 5 nitrogen and oxygen atoms in total. The van der Waals surface area contributed by atoms with Crippen molar-refractivity contribution in [1.29, 1.82) is 0 Å². The molecule has 0 bridgehead atoms. The van der Waals surface area contributed by atoms with Crippen LogP contribution in [0.1, 0.15) is 54.4 Å². The van der Waals surface area contributed by atoms with Crippen molar-refractivity contribution in [2.75, 3.05) is 0 Å². The molecule has 0 amide bonds. The van der Waals surface area contributed by atoms with Gasteiger partial charge in [0.05, 0.1) is 0 Å². The Morgan fingerprint density at radius 1 is 1.22 bits per heavy atom. The molecule has 0 aromatic rings. The van der Waals surface area contributed by atoms with Crippen LogP contribution in [0.15, 0.2) is 12.0 Å². The molecule has 0 unspecified atom stereocenters. The van der Waals surface area contributed by atoms with E-state index in [9.17, 15) is 4.79 Å². The van der Waals surface area contributed by atoms with Gasteiger partial charge in [-0.25, -0.2) is 0 Å². The van der Waals surface area contributed by atoms with Crippen LogP contribution in [0.4, 0.5) is 0 Å². The molecule has 0 aromatic carbocycles. The van der Waals surface area contributed by atoms with Crippen molar-refractivity contribution in [1.82, 2.24) is 0 Å². The number of hydrogen-bond acceptors (Lipinski definition) is 5. The van der Waals surface area contributed by atoms with Crippen LogP contribution >= 0.6 is 0 Å². The second-order valence-electron chi connectivity index (χ2n) is 5.64. The molecule has 5 heteroatoms.